The molecule has 1 atom stereocenters. The molecular formula is C12H14FN3. The van der Waals surface area contributed by atoms with E-state index in [9.17, 15) is 4.39 Å². The van der Waals surface area contributed by atoms with E-state index in [1.54, 1.807) is 24.4 Å². The van der Waals surface area contributed by atoms with Crippen molar-refractivity contribution in [2.75, 3.05) is 0 Å². The number of benzene rings is 1. The molecule has 2 aromatic rings. The van der Waals surface area contributed by atoms with Crippen LogP contribution >= 0.6 is 0 Å². The summed E-state index contributed by atoms with van der Waals surface area (Å²) in [5, 5.41) is 6.81. The molecule has 0 aliphatic carbocycles. The Morgan fingerprint density at radius 1 is 1.38 bits per heavy atom. The molecule has 0 spiro atoms. The minimum Gasteiger partial charge on any atom is -0.328 e. The molecule has 1 heterocycles. The maximum Gasteiger partial charge on any atom is 0.131 e. The first-order valence-corrected chi connectivity index (χ1v) is 5.21. The van der Waals surface area contributed by atoms with E-state index >= 15 is 0 Å². The van der Waals surface area contributed by atoms with Crippen molar-refractivity contribution in [3.8, 4) is 11.1 Å². The van der Waals surface area contributed by atoms with Gasteiger partial charge in [0.15, 0.2) is 0 Å². The van der Waals surface area contributed by atoms with Gasteiger partial charge in [-0.05, 0) is 13.0 Å². The fourth-order valence-corrected chi connectivity index (χ4v) is 1.70. The van der Waals surface area contributed by atoms with E-state index in [1.807, 2.05) is 6.92 Å². The average Bonchev–Trinajstić information content (AvgIpc) is 2.66. The number of nitrogens with one attached hydrogen (secondary N) is 1. The summed E-state index contributed by atoms with van der Waals surface area (Å²) in [4.78, 5) is 0. The molecule has 0 aliphatic heterocycles. The zero-order valence-electron chi connectivity index (χ0n) is 9.07. The van der Waals surface area contributed by atoms with Gasteiger partial charge in [-0.3, -0.25) is 5.10 Å². The van der Waals surface area contributed by atoms with Gasteiger partial charge in [0, 0.05) is 29.3 Å². The topological polar surface area (TPSA) is 54.7 Å². The Hall–Kier alpha value is -1.68. The predicted molar refractivity (Wildman–Crippen MR) is 61.3 cm³/mol. The number of halogens is 1. The molecule has 4 heteroatoms. The predicted octanol–water partition coefficient (Wildman–Crippen LogP) is 2.11. The Morgan fingerprint density at radius 2 is 2.12 bits per heavy atom. The van der Waals surface area contributed by atoms with E-state index in [-0.39, 0.29) is 11.9 Å². The van der Waals surface area contributed by atoms with Crippen molar-refractivity contribution >= 4 is 0 Å². The highest BCUT2D eigenvalue weighted by Gasteiger charge is 2.12. The van der Waals surface area contributed by atoms with Crippen molar-refractivity contribution in [1.29, 1.82) is 0 Å². The number of aromatic amines is 1. The molecule has 0 fully saturated rings. The third-order valence-corrected chi connectivity index (χ3v) is 2.41. The van der Waals surface area contributed by atoms with Crippen LogP contribution in [0.25, 0.3) is 11.1 Å². The fraction of sp³-hybridized carbons (Fsp3) is 0.250. The van der Waals surface area contributed by atoms with Gasteiger partial charge in [-0.15, -0.1) is 0 Å². The molecule has 0 aliphatic rings. The van der Waals surface area contributed by atoms with Crippen LogP contribution in [0.15, 0.2) is 30.5 Å². The SMILES string of the molecule is CC(N)Cc1[nH]ncc1-c1ccccc1F. The lowest BCUT2D eigenvalue weighted by molar-refractivity contribution is 0.630. The van der Waals surface area contributed by atoms with Crippen LogP contribution in [0, 0.1) is 5.82 Å². The molecule has 0 saturated carbocycles. The van der Waals surface area contributed by atoms with Crippen LogP contribution in [0.5, 0.6) is 0 Å². The number of nitrogens with zero attached hydrogens (tertiary/aromatic N) is 1. The smallest absolute Gasteiger partial charge is 0.131 e. The summed E-state index contributed by atoms with van der Waals surface area (Å²) >= 11 is 0. The maximum atomic E-state index is 13.6. The summed E-state index contributed by atoms with van der Waals surface area (Å²) in [6.07, 6.45) is 2.29. The second-order valence-electron chi connectivity index (χ2n) is 3.92. The van der Waals surface area contributed by atoms with E-state index in [0.29, 0.717) is 12.0 Å². The first-order valence-electron chi connectivity index (χ1n) is 5.21. The van der Waals surface area contributed by atoms with E-state index in [2.05, 4.69) is 10.2 Å². The molecule has 2 rings (SSSR count). The van der Waals surface area contributed by atoms with Gasteiger partial charge in [-0.1, -0.05) is 18.2 Å². The standard InChI is InChI=1S/C12H14FN3/c1-8(14)6-12-10(7-15-16-12)9-4-2-3-5-11(9)13/h2-5,7-8H,6,14H2,1H3,(H,15,16). The molecule has 1 aromatic carbocycles. The Balaban J connectivity index is 2.41. The second kappa shape index (κ2) is 4.45. The summed E-state index contributed by atoms with van der Waals surface area (Å²) in [6.45, 7) is 1.91. The van der Waals surface area contributed by atoms with Crippen molar-refractivity contribution in [3.05, 3.63) is 42.0 Å². The van der Waals surface area contributed by atoms with Gasteiger partial charge < -0.3 is 5.73 Å². The highest BCUT2D eigenvalue weighted by molar-refractivity contribution is 5.65. The molecule has 3 N–H and O–H groups in total. The number of H-pyrrole nitrogens is 1. The molecule has 0 amide bonds. The number of rotatable bonds is 3. The number of hydrogen-bond donors (Lipinski definition) is 2. The Bertz CT molecular complexity index is 477. The van der Waals surface area contributed by atoms with E-state index in [0.717, 1.165) is 11.3 Å². The summed E-state index contributed by atoms with van der Waals surface area (Å²) in [6, 6.07) is 6.68. The van der Waals surface area contributed by atoms with E-state index in [1.165, 1.54) is 6.07 Å². The van der Waals surface area contributed by atoms with Crippen molar-refractivity contribution in [3.63, 3.8) is 0 Å². The molecule has 3 nitrogen and oxygen atoms in total. The Morgan fingerprint density at radius 3 is 2.81 bits per heavy atom. The number of nitrogens with two attached hydrogens (primary N) is 1. The number of hydrogen-bond acceptors (Lipinski definition) is 2. The first-order chi connectivity index (χ1) is 7.68. The number of aromatic nitrogens is 2. The summed E-state index contributed by atoms with van der Waals surface area (Å²) in [7, 11) is 0. The van der Waals surface area contributed by atoms with Crippen LogP contribution < -0.4 is 5.73 Å². The average molecular weight is 219 g/mol. The zero-order chi connectivity index (χ0) is 11.5. The molecule has 0 saturated heterocycles. The van der Waals surface area contributed by atoms with Gasteiger partial charge in [0.1, 0.15) is 5.82 Å². The van der Waals surface area contributed by atoms with Crippen molar-refractivity contribution < 1.29 is 4.39 Å². The minimum atomic E-state index is -0.241. The van der Waals surface area contributed by atoms with Crippen LogP contribution in [-0.4, -0.2) is 16.2 Å². The minimum absolute atomic E-state index is 0.0194. The van der Waals surface area contributed by atoms with E-state index < -0.39 is 0 Å². The van der Waals surface area contributed by atoms with Gasteiger partial charge in [0.05, 0.1) is 6.20 Å². The summed E-state index contributed by atoms with van der Waals surface area (Å²) in [5.74, 6) is -0.241. The third kappa shape index (κ3) is 2.12. The van der Waals surface area contributed by atoms with Crippen LogP contribution in [-0.2, 0) is 6.42 Å². The van der Waals surface area contributed by atoms with Crippen molar-refractivity contribution in [2.45, 2.75) is 19.4 Å². The maximum absolute atomic E-state index is 13.6. The lowest BCUT2D eigenvalue weighted by atomic mass is 10.0. The van der Waals surface area contributed by atoms with Crippen molar-refractivity contribution in [2.24, 2.45) is 5.73 Å². The van der Waals surface area contributed by atoms with Crippen LogP contribution in [0.3, 0.4) is 0 Å². The quantitative estimate of drug-likeness (QED) is 0.830. The molecule has 16 heavy (non-hydrogen) atoms. The van der Waals surface area contributed by atoms with Gasteiger partial charge in [0.2, 0.25) is 0 Å². The summed E-state index contributed by atoms with van der Waals surface area (Å²) < 4.78 is 13.6. The fourth-order valence-electron chi connectivity index (χ4n) is 1.70. The van der Waals surface area contributed by atoms with Gasteiger partial charge in [0.25, 0.3) is 0 Å². The highest BCUT2D eigenvalue weighted by Crippen LogP contribution is 2.25. The molecule has 1 unspecified atom stereocenters. The zero-order valence-corrected chi connectivity index (χ0v) is 9.07. The van der Waals surface area contributed by atoms with E-state index in [4.69, 9.17) is 5.73 Å². The first kappa shape index (κ1) is 10.8. The Labute approximate surface area is 93.5 Å². The second-order valence-corrected chi connectivity index (χ2v) is 3.92. The van der Waals surface area contributed by atoms with Crippen LogP contribution in [0.4, 0.5) is 4.39 Å². The third-order valence-electron chi connectivity index (χ3n) is 2.41. The van der Waals surface area contributed by atoms with Gasteiger partial charge >= 0.3 is 0 Å². The summed E-state index contributed by atoms with van der Waals surface area (Å²) in [5.41, 5.74) is 7.95. The van der Waals surface area contributed by atoms with Crippen LogP contribution in [0.2, 0.25) is 0 Å². The van der Waals surface area contributed by atoms with Crippen molar-refractivity contribution in [1.82, 2.24) is 10.2 Å². The molecule has 84 valence electrons. The lowest BCUT2D eigenvalue weighted by Crippen LogP contribution is -2.18. The monoisotopic (exact) mass is 219 g/mol. The van der Waals surface area contributed by atoms with Crippen LogP contribution in [0.1, 0.15) is 12.6 Å². The molecule has 0 bridgehead atoms. The normalized spacial score (nSPS) is 12.7. The highest BCUT2D eigenvalue weighted by atomic mass is 19.1. The lowest BCUT2D eigenvalue weighted by Gasteiger charge is -2.06. The van der Waals surface area contributed by atoms with Gasteiger partial charge in [-0.25, -0.2) is 4.39 Å². The Kier molecular flexibility index (Phi) is 3.01. The molecule has 0 radical (unpaired) electrons. The van der Waals surface area contributed by atoms with Gasteiger partial charge in [-0.2, -0.15) is 5.10 Å². The molecule has 1 aromatic heterocycles. The molecular weight excluding hydrogens is 205 g/mol. The largest absolute Gasteiger partial charge is 0.328 e.